The van der Waals surface area contributed by atoms with Crippen LogP contribution in [-0.2, 0) is 16.0 Å². The number of hydrogen-bond acceptors (Lipinski definition) is 3. The van der Waals surface area contributed by atoms with Crippen molar-refractivity contribution < 1.29 is 19.4 Å². The van der Waals surface area contributed by atoms with Gasteiger partial charge in [-0.05, 0) is 30.0 Å². The summed E-state index contributed by atoms with van der Waals surface area (Å²) < 4.78 is 5.36. The van der Waals surface area contributed by atoms with Crippen molar-refractivity contribution in [3.8, 4) is 5.75 Å². The molecule has 1 aromatic carbocycles. The van der Waals surface area contributed by atoms with Crippen LogP contribution in [0.1, 0.15) is 32.8 Å². The van der Waals surface area contributed by atoms with Gasteiger partial charge in [0.1, 0.15) is 11.8 Å². The summed E-state index contributed by atoms with van der Waals surface area (Å²) in [5, 5.41) is 11.5. The van der Waals surface area contributed by atoms with E-state index < -0.39 is 17.9 Å². The molecule has 2 N–H and O–H groups in total. The van der Waals surface area contributed by atoms with Crippen LogP contribution in [0.25, 0.3) is 0 Å². The van der Waals surface area contributed by atoms with Crippen molar-refractivity contribution in [1.82, 2.24) is 5.32 Å². The zero-order valence-electron chi connectivity index (χ0n) is 12.8. The summed E-state index contributed by atoms with van der Waals surface area (Å²) in [6, 6.07) is 6.66. The van der Waals surface area contributed by atoms with E-state index in [4.69, 9.17) is 9.84 Å². The van der Waals surface area contributed by atoms with Gasteiger partial charge >= 0.3 is 5.97 Å². The van der Waals surface area contributed by atoms with Crippen molar-refractivity contribution >= 4 is 11.9 Å². The minimum absolute atomic E-state index is 0.181. The van der Waals surface area contributed by atoms with E-state index in [-0.39, 0.29) is 12.5 Å². The fraction of sp³-hybridized carbons (Fsp3) is 0.500. The van der Waals surface area contributed by atoms with Crippen molar-refractivity contribution in [2.24, 2.45) is 5.92 Å². The Labute approximate surface area is 125 Å². The van der Waals surface area contributed by atoms with Gasteiger partial charge in [-0.1, -0.05) is 39.3 Å². The van der Waals surface area contributed by atoms with E-state index in [1.165, 1.54) is 5.56 Å². The molecule has 0 spiro atoms. The van der Waals surface area contributed by atoms with Crippen LogP contribution in [0.3, 0.4) is 0 Å². The lowest BCUT2D eigenvalue weighted by atomic mass is 10.1. The summed E-state index contributed by atoms with van der Waals surface area (Å²) in [5.74, 6) is -1.06. The fourth-order valence-corrected chi connectivity index (χ4v) is 1.92. The molecule has 1 unspecified atom stereocenters. The molecule has 1 atom stereocenters. The van der Waals surface area contributed by atoms with Gasteiger partial charge in [-0.2, -0.15) is 0 Å². The molecule has 0 radical (unpaired) electrons. The molecule has 21 heavy (non-hydrogen) atoms. The highest BCUT2D eigenvalue weighted by molar-refractivity contribution is 5.84. The smallest absolute Gasteiger partial charge is 0.326 e. The zero-order chi connectivity index (χ0) is 15.8. The summed E-state index contributed by atoms with van der Waals surface area (Å²) in [5.41, 5.74) is 1.22. The lowest BCUT2D eigenvalue weighted by Crippen LogP contribution is -2.46. The minimum atomic E-state index is -1.04. The maximum absolute atomic E-state index is 11.7. The third-order valence-electron chi connectivity index (χ3n) is 3.08. The highest BCUT2D eigenvalue weighted by Crippen LogP contribution is 2.13. The van der Waals surface area contributed by atoms with Gasteiger partial charge in [0.2, 0.25) is 0 Å². The van der Waals surface area contributed by atoms with Gasteiger partial charge < -0.3 is 15.2 Å². The summed E-state index contributed by atoms with van der Waals surface area (Å²) in [6.07, 6.45) is 2.09. The molecule has 0 saturated carbocycles. The van der Waals surface area contributed by atoms with Crippen LogP contribution in [0.2, 0.25) is 0 Å². The van der Waals surface area contributed by atoms with Gasteiger partial charge in [0.05, 0.1) is 0 Å². The molecule has 0 saturated heterocycles. The van der Waals surface area contributed by atoms with E-state index in [1.54, 1.807) is 13.8 Å². The molecule has 0 aliphatic heterocycles. The number of benzene rings is 1. The summed E-state index contributed by atoms with van der Waals surface area (Å²) in [4.78, 5) is 22.7. The van der Waals surface area contributed by atoms with Crippen LogP contribution >= 0.6 is 0 Å². The predicted octanol–water partition coefficient (Wildman–Crippen LogP) is 2.24. The number of carboxylic acids is 1. The molecule has 0 aromatic heterocycles. The van der Waals surface area contributed by atoms with Gasteiger partial charge in [0, 0.05) is 0 Å². The number of aliphatic carboxylic acids is 1. The molecule has 5 heteroatoms. The largest absolute Gasteiger partial charge is 0.484 e. The Balaban J connectivity index is 2.47. The first-order chi connectivity index (χ1) is 9.93. The van der Waals surface area contributed by atoms with Gasteiger partial charge in [0.15, 0.2) is 6.61 Å². The van der Waals surface area contributed by atoms with E-state index in [9.17, 15) is 9.59 Å². The summed E-state index contributed by atoms with van der Waals surface area (Å²) in [7, 11) is 0. The van der Waals surface area contributed by atoms with E-state index in [1.807, 2.05) is 24.3 Å². The molecule has 116 valence electrons. The maximum Gasteiger partial charge on any atom is 0.326 e. The van der Waals surface area contributed by atoms with E-state index in [0.717, 1.165) is 12.8 Å². The monoisotopic (exact) mass is 293 g/mol. The number of carboxylic acid groups (broad SMARTS) is 1. The number of amides is 1. The molecule has 1 aromatic rings. The first-order valence-electron chi connectivity index (χ1n) is 7.18. The van der Waals surface area contributed by atoms with Crippen LogP contribution < -0.4 is 10.1 Å². The predicted molar refractivity (Wildman–Crippen MR) is 80.3 cm³/mol. The second kappa shape index (κ2) is 8.29. The lowest BCUT2D eigenvalue weighted by Gasteiger charge is -2.18. The van der Waals surface area contributed by atoms with Gasteiger partial charge in [-0.3, -0.25) is 4.79 Å². The van der Waals surface area contributed by atoms with Crippen LogP contribution in [0, 0.1) is 5.92 Å². The first-order valence-corrected chi connectivity index (χ1v) is 7.18. The quantitative estimate of drug-likeness (QED) is 0.770. The Morgan fingerprint density at radius 3 is 2.33 bits per heavy atom. The van der Waals surface area contributed by atoms with Gasteiger partial charge in [-0.25, -0.2) is 4.79 Å². The number of carbonyl (C=O) groups excluding carboxylic acids is 1. The summed E-state index contributed by atoms with van der Waals surface area (Å²) in [6.45, 7) is 5.41. The Morgan fingerprint density at radius 1 is 1.24 bits per heavy atom. The lowest BCUT2D eigenvalue weighted by molar-refractivity contribution is -0.143. The number of ether oxygens (including phenoxy) is 1. The third kappa shape index (κ3) is 5.85. The molecule has 0 fully saturated rings. The fourth-order valence-electron chi connectivity index (χ4n) is 1.92. The van der Waals surface area contributed by atoms with Crippen LogP contribution in [0.5, 0.6) is 5.75 Å². The maximum atomic E-state index is 11.7. The summed E-state index contributed by atoms with van der Waals surface area (Å²) >= 11 is 0. The van der Waals surface area contributed by atoms with Crippen LogP contribution in [0.15, 0.2) is 24.3 Å². The van der Waals surface area contributed by atoms with E-state index in [2.05, 4.69) is 12.2 Å². The second-order valence-corrected chi connectivity index (χ2v) is 5.31. The highest BCUT2D eigenvalue weighted by Gasteiger charge is 2.23. The van der Waals surface area contributed by atoms with Crippen LogP contribution in [0.4, 0.5) is 0 Å². The topological polar surface area (TPSA) is 75.6 Å². The number of aryl methyl sites for hydroxylation is 1. The second-order valence-electron chi connectivity index (χ2n) is 5.31. The molecule has 1 amide bonds. The average Bonchev–Trinajstić information content (AvgIpc) is 2.43. The number of hydrogen-bond donors (Lipinski definition) is 2. The number of nitrogens with one attached hydrogen (secondary N) is 1. The van der Waals surface area contributed by atoms with Crippen molar-refractivity contribution in [2.75, 3.05) is 6.61 Å². The van der Waals surface area contributed by atoms with Crippen molar-refractivity contribution in [3.63, 3.8) is 0 Å². The van der Waals surface area contributed by atoms with Gasteiger partial charge in [-0.15, -0.1) is 0 Å². The molecular weight excluding hydrogens is 270 g/mol. The molecule has 5 nitrogen and oxygen atoms in total. The minimum Gasteiger partial charge on any atom is -0.484 e. The van der Waals surface area contributed by atoms with Crippen LogP contribution in [-0.4, -0.2) is 29.6 Å². The molecule has 0 aliphatic rings. The molecule has 0 heterocycles. The zero-order valence-corrected chi connectivity index (χ0v) is 12.8. The first kappa shape index (κ1) is 17.0. The highest BCUT2D eigenvalue weighted by atomic mass is 16.5. The third-order valence-corrected chi connectivity index (χ3v) is 3.08. The molecule has 0 aliphatic carbocycles. The number of carbonyl (C=O) groups is 2. The Hall–Kier alpha value is -2.04. The normalized spacial score (nSPS) is 12.0. The average molecular weight is 293 g/mol. The van der Waals surface area contributed by atoms with E-state index >= 15 is 0 Å². The van der Waals surface area contributed by atoms with E-state index in [0.29, 0.717) is 5.75 Å². The molecular formula is C16H23NO4. The molecule has 1 rings (SSSR count). The van der Waals surface area contributed by atoms with Crippen molar-refractivity contribution in [1.29, 1.82) is 0 Å². The Bertz CT molecular complexity index is 468. The Kier molecular flexibility index (Phi) is 6.72. The molecule has 0 bridgehead atoms. The van der Waals surface area contributed by atoms with Crippen molar-refractivity contribution in [2.45, 2.75) is 39.7 Å². The SMILES string of the molecule is CCCc1ccc(OCC(=O)NC(C(=O)O)C(C)C)cc1. The van der Waals surface area contributed by atoms with Crippen molar-refractivity contribution in [3.05, 3.63) is 29.8 Å². The standard InChI is InChI=1S/C16H23NO4/c1-4-5-12-6-8-13(9-7-12)21-10-14(18)17-15(11(2)3)16(19)20/h6-9,11,15H,4-5,10H2,1-3H3,(H,17,18)(H,19,20). The van der Waals surface area contributed by atoms with Gasteiger partial charge in [0.25, 0.3) is 5.91 Å². The Morgan fingerprint density at radius 2 is 1.86 bits per heavy atom. The number of rotatable bonds is 8.